The van der Waals surface area contributed by atoms with Crippen molar-refractivity contribution >= 4 is 34.9 Å². The average molecular weight is 375 g/mol. The van der Waals surface area contributed by atoms with E-state index < -0.39 is 0 Å². The van der Waals surface area contributed by atoms with Gasteiger partial charge in [0.15, 0.2) is 0 Å². The average Bonchev–Trinajstić information content (AvgIpc) is 3.06. The maximum atomic E-state index is 6.27. The van der Waals surface area contributed by atoms with Gasteiger partial charge in [0.1, 0.15) is 0 Å². The van der Waals surface area contributed by atoms with Crippen LogP contribution in [0.4, 0.5) is 0 Å². The second-order valence-electron chi connectivity index (χ2n) is 6.75. The van der Waals surface area contributed by atoms with Crippen LogP contribution in [-0.4, -0.2) is 29.5 Å². The van der Waals surface area contributed by atoms with Crippen LogP contribution in [-0.2, 0) is 6.42 Å². The van der Waals surface area contributed by atoms with E-state index >= 15 is 0 Å². The van der Waals surface area contributed by atoms with Crippen LogP contribution in [0.2, 0.25) is 5.02 Å². The van der Waals surface area contributed by atoms with E-state index in [0.717, 1.165) is 18.0 Å². The molecule has 1 fully saturated rings. The van der Waals surface area contributed by atoms with Crippen molar-refractivity contribution in [3.8, 4) is 0 Å². The quantitative estimate of drug-likeness (QED) is 0.623. The van der Waals surface area contributed by atoms with Crippen LogP contribution in [0.3, 0.4) is 0 Å². The van der Waals surface area contributed by atoms with Crippen molar-refractivity contribution in [2.45, 2.75) is 25.2 Å². The maximum Gasteiger partial charge on any atom is 0.0456 e. The summed E-state index contributed by atoms with van der Waals surface area (Å²) < 4.78 is 0. The standard InChI is InChI=1S/C21H23ClN2.ClH/c22-20-7-3-1-5-17(20)11-14-24-12-9-16(10-13-24)19-15-23-21-8-4-2-6-18(19)21;/h1-8,15-16,23H,9-14H2;1H. The molecule has 2 heterocycles. The Morgan fingerprint density at radius 1 is 1.00 bits per heavy atom. The van der Waals surface area contributed by atoms with Crippen molar-refractivity contribution in [2.75, 3.05) is 19.6 Å². The molecule has 1 saturated heterocycles. The highest BCUT2D eigenvalue weighted by atomic mass is 35.5. The first-order valence-corrected chi connectivity index (χ1v) is 9.21. The first kappa shape index (κ1) is 18.3. The van der Waals surface area contributed by atoms with Crippen LogP contribution in [0.15, 0.2) is 54.7 Å². The number of benzene rings is 2. The van der Waals surface area contributed by atoms with Crippen LogP contribution in [0.5, 0.6) is 0 Å². The summed E-state index contributed by atoms with van der Waals surface area (Å²) in [6, 6.07) is 16.8. The monoisotopic (exact) mass is 374 g/mol. The number of aromatic amines is 1. The second kappa shape index (κ2) is 8.27. The molecule has 1 N–H and O–H groups in total. The predicted octanol–water partition coefficient (Wildman–Crippen LogP) is 5.67. The number of nitrogens with zero attached hydrogens (tertiary/aromatic N) is 1. The summed E-state index contributed by atoms with van der Waals surface area (Å²) >= 11 is 6.27. The Morgan fingerprint density at radius 3 is 2.52 bits per heavy atom. The molecule has 1 aliphatic heterocycles. The summed E-state index contributed by atoms with van der Waals surface area (Å²) in [6.45, 7) is 3.45. The molecule has 4 rings (SSSR count). The number of para-hydroxylation sites is 1. The molecule has 0 unspecified atom stereocenters. The van der Waals surface area contributed by atoms with Gasteiger partial charge in [-0.1, -0.05) is 48.0 Å². The van der Waals surface area contributed by atoms with Crippen molar-refractivity contribution < 1.29 is 0 Å². The molecule has 0 radical (unpaired) electrons. The van der Waals surface area contributed by atoms with Gasteiger partial charge in [0.2, 0.25) is 0 Å². The lowest BCUT2D eigenvalue weighted by Crippen LogP contribution is -2.34. The molecule has 0 spiro atoms. The van der Waals surface area contributed by atoms with Gasteiger partial charge in [-0.2, -0.15) is 0 Å². The van der Waals surface area contributed by atoms with Gasteiger partial charge in [-0.25, -0.2) is 0 Å². The van der Waals surface area contributed by atoms with Gasteiger partial charge in [0.05, 0.1) is 0 Å². The fourth-order valence-corrected chi connectivity index (χ4v) is 4.11. The summed E-state index contributed by atoms with van der Waals surface area (Å²) in [5, 5.41) is 2.29. The number of H-pyrrole nitrogens is 1. The van der Waals surface area contributed by atoms with E-state index in [1.165, 1.54) is 48.0 Å². The normalized spacial score (nSPS) is 16.0. The van der Waals surface area contributed by atoms with Crippen LogP contribution in [0.1, 0.15) is 29.9 Å². The first-order chi connectivity index (χ1) is 11.8. The van der Waals surface area contributed by atoms with Gasteiger partial charge in [-0.3, -0.25) is 0 Å². The molecule has 0 bridgehead atoms. The second-order valence-corrected chi connectivity index (χ2v) is 7.15. The predicted molar refractivity (Wildman–Crippen MR) is 109 cm³/mol. The van der Waals surface area contributed by atoms with E-state index in [4.69, 9.17) is 11.6 Å². The number of halogens is 2. The molecule has 1 aliphatic rings. The zero-order valence-corrected chi connectivity index (χ0v) is 15.8. The third-order valence-electron chi connectivity index (χ3n) is 5.30. The number of hydrogen-bond donors (Lipinski definition) is 1. The van der Waals surface area contributed by atoms with E-state index in [0.29, 0.717) is 5.92 Å². The van der Waals surface area contributed by atoms with E-state index in [1.807, 2.05) is 12.1 Å². The van der Waals surface area contributed by atoms with Crippen molar-refractivity contribution in [2.24, 2.45) is 0 Å². The molecule has 3 aromatic rings. The Morgan fingerprint density at radius 2 is 1.72 bits per heavy atom. The SMILES string of the molecule is Cl.Clc1ccccc1CCN1CCC(c2c[nH]c3ccccc23)CC1. The topological polar surface area (TPSA) is 19.0 Å². The number of hydrogen-bond acceptors (Lipinski definition) is 1. The maximum absolute atomic E-state index is 6.27. The van der Waals surface area contributed by atoms with Crippen LogP contribution >= 0.6 is 24.0 Å². The third kappa shape index (κ3) is 4.03. The number of aromatic nitrogens is 1. The summed E-state index contributed by atoms with van der Waals surface area (Å²) in [6.07, 6.45) is 5.74. The van der Waals surface area contributed by atoms with Crippen LogP contribution in [0.25, 0.3) is 10.9 Å². The Balaban J connectivity index is 0.00000182. The van der Waals surface area contributed by atoms with Crippen LogP contribution in [0, 0.1) is 0 Å². The largest absolute Gasteiger partial charge is 0.361 e. The van der Waals surface area contributed by atoms with Gasteiger partial charge >= 0.3 is 0 Å². The van der Waals surface area contributed by atoms with E-state index in [2.05, 4.69) is 52.5 Å². The van der Waals surface area contributed by atoms with Crippen molar-refractivity contribution in [3.63, 3.8) is 0 Å². The highest BCUT2D eigenvalue weighted by molar-refractivity contribution is 6.31. The van der Waals surface area contributed by atoms with Crippen molar-refractivity contribution in [1.29, 1.82) is 0 Å². The highest BCUT2D eigenvalue weighted by Crippen LogP contribution is 2.33. The van der Waals surface area contributed by atoms with Gasteiger partial charge in [-0.05, 0) is 61.5 Å². The number of rotatable bonds is 4. The molecule has 25 heavy (non-hydrogen) atoms. The zero-order valence-electron chi connectivity index (χ0n) is 14.2. The lowest BCUT2D eigenvalue weighted by molar-refractivity contribution is 0.215. The highest BCUT2D eigenvalue weighted by Gasteiger charge is 2.22. The van der Waals surface area contributed by atoms with Crippen LogP contribution < -0.4 is 0 Å². The third-order valence-corrected chi connectivity index (χ3v) is 5.67. The smallest absolute Gasteiger partial charge is 0.0456 e. The zero-order chi connectivity index (χ0) is 16.4. The number of likely N-dealkylation sites (tertiary alicyclic amines) is 1. The molecule has 0 saturated carbocycles. The molecule has 2 aromatic carbocycles. The number of fused-ring (bicyclic) bond motifs is 1. The molecule has 132 valence electrons. The summed E-state index contributed by atoms with van der Waals surface area (Å²) in [5.41, 5.74) is 4.02. The molecule has 1 aromatic heterocycles. The Hall–Kier alpha value is -1.48. The molecule has 4 heteroatoms. The molecule has 2 nitrogen and oxygen atoms in total. The van der Waals surface area contributed by atoms with E-state index in [-0.39, 0.29) is 12.4 Å². The molecule has 0 amide bonds. The summed E-state index contributed by atoms with van der Waals surface area (Å²) in [5.74, 6) is 0.678. The van der Waals surface area contributed by atoms with E-state index in [9.17, 15) is 0 Å². The minimum atomic E-state index is 0. The Kier molecular flexibility index (Phi) is 6.06. The van der Waals surface area contributed by atoms with E-state index in [1.54, 1.807) is 0 Å². The Bertz CT molecular complexity index is 819. The number of piperidine rings is 1. The first-order valence-electron chi connectivity index (χ1n) is 8.83. The molecule has 0 atom stereocenters. The lowest BCUT2D eigenvalue weighted by atomic mass is 9.89. The summed E-state index contributed by atoms with van der Waals surface area (Å²) in [4.78, 5) is 6.00. The molecular formula is C21H24Cl2N2. The fraction of sp³-hybridized carbons (Fsp3) is 0.333. The Labute approximate surface area is 160 Å². The number of nitrogens with one attached hydrogen (secondary N) is 1. The summed E-state index contributed by atoms with van der Waals surface area (Å²) in [7, 11) is 0. The molecule has 0 aliphatic carbocycles. The minimum absolute atomic E-state index is 0. The molecular weight excluding hydrogens is 351 g/mol. The fourth-order valence-electron chi connectivity index (χ4n) is 3.88. The van der Waals surface area contributed by atoms with Crippen molar-refractivity contribution in [3.05, 3.63) is 70.9 Å². The van der Waals surface area contributed by atoms with Gasteiger partial charge < -0.3 is 9.88 Å². The van der Waals surface area contributed by atoms with Gasteiger partial charge in [-0.15, -0.1) is 12.4 Å². The van der Waals surface area contributed by atoms with Crippen molar-refractivity contribution in [1.82, 2.24) is 9.88 Å². The lowest BCUT2D eigenvalue weighted by Gasteiger charge is -2.32. The van der Waals surface area contributed by atoms with Gasteiger partial charge in [0, 0.05) is 28.7 Å². The van der Waals surface area contributed by atoms with Gasteiger partial charge in [0.25, 0.3) is 0 Å². The minimum Gasteiger partial charge on any atom is -0.361 e.